The second kappa shape index (κ2) is 6.32. The van der Waals surface area contributed by atoms with Crippen molar-refractivity contribution in [2.24, 2.45) is 0 Å². The standard InChI is InChI=1S/C14H14ClN3O3/c1-20-11-7-12(21-2)10(6-9(11)15)18-14(19)8-3-4-17-13(16)5-8/h3-7H,1-2H3,(H2,16,17)(H,18,19). The lowest BCUT2D eigenvalue weighted by Gasteiger charge is -2.13. The van der Waals surface area contributed by atoms with Crippen LogP contribution in [0.3, 0.4) is 0 Å². The third-order valence-corrected chi connectivity index (χ3v) is 3.06. The highest BCUT2D eigenvalue weighted by molar-refractivity contribution is 6.32. The summed E-state index contributed by atoms with van der Waals surface area (Å²) in [5, 5.41) is 3.07. The fourth-order valence-electron chi connectivity index (χ4n) is 1.74. The SMILES string of the molecule is COc1cc(OC)c(NC(=O)c2ccnc(N)c2)cc1Cl. The summed E-state index contributed by atoms with van der Waals surface area (Å²) in [6.07, 6.45) is 1.46. The van der Waals surface area contributed by atoms with Crippen LogP contribution in [0.2, 0.25) is 5.02 Å². The van der Waals surface area contributed by atoms with Gasteiger partial charge >= 0.3 is 0 Å². The van der Waals surface area contributed by atoms with Crippen molar-refractivity contribution in [2.75, 3.05) is 25.3 Å². The molecule has 1 heterocycles. The van der Waals surface area contributed by atoms with Gasteiger partial charge in [0.25, 0.3) is 5.91 Å². The van der Waals surface area contributed by atoms with Gasteiger partial charge in [-0.3, -0.25) is 4.79 Å². The monoisotopic (exact) mass is 307 g/mol. The minimum absolute atomic E-state index is 0.266. The van der Waals surface area contributed by atoms with Gasteiger partial charge in [0, 0.05) is 17.8 Å². The molecule has 1 aromatic carbocycles. The van der Waals surface area contributed by atoms with Crippen molar-refractivity contribution in [1.82, 2.24) is 4.98 Å². The fraction of sp³-hybridized carbons (Fsp3) is 0.143. The third kappa shape index (κ3) is 3.35. The van der Waals surface area contributed by atoms with Crippen LogP contribution in [0.4, 0.5) is 11.5 Å². The Morgan fingerprint density at radius 3 is 2.57 bits per heavy atom. The maximum Gasteiger partial charge on any atom is 0.255 e. The second-order valence-electron chi connectivity index (χ2n) is 4.11. The van der Waals surface area contributed by atoms with Crippen molar-refractivity contribution in [3.8, 4) is 11.5 Å². The van der Waals surface area contributed by atoms with E-state index in [9.17, 15) is 4.79 Å². The molecule has 2 rings (SSSR count). The predicted molar refractivity (Wildman–Crippen MR) is 81.2 cm³/mol. The van der Waals surface area contributed by atoms with E-state index in [0.29, 0.717) is 27.8 Å². The summed E-state index contributed by atoms with van der Waals surface area (Å²) in [5.74, 6) is 0.817. The van der Waals surface area contributed by atoms with Crippen molar-refractivity contribution >= 4 is 29.0 Å². The molecule has 0 saturated carbocycles. The molecule has 0 unspecified atom stereocenters. The van der Waals surface area contributed by atoms with Crippen LogP contribution in [0.25, 0.3) is 0 Å². The number of ether oxygens (including phenoxy) is 2. The van der Waals surface area contributed by atoms with Crippen molar-refractivity contribution in [3.05, 3.63) is 41.0 Å². The number of anilines is 2. The normalized spacial score (nSPS) is 10.0. The van der Waals surface area contributed by atoms with Gasteiger partial charge in [-0.05, 0) is 18.2 Å². The second-order valence-corrected chi connectivity index (χ2v) is 4.52. The first-order chi connectivity index (χ1) is 10.0. The van der Waals surface area contributed by atoms with Crippen molar-refractivity contribution in [2.45, 2.75) is 0 Å². The molecular weight excluding hydrogens is 294 g/mol. The Hall–Kier alpha value is -2.47. The predicted octanol–water partition coefficient (Wildman–Crippen LogP) is 2.59. The number of rotatable bonds is 4. The summed E-state index contributed by atoms with van der Waals surface area (Å²) in [4.78, 5) is 16.0. The van der Waals surface area contributed by atoms with Gasteiger partial charge in [-0.15, -0.1) is 0 Å². The highest BCUT2D eigenvalue weighted by Gasteiger charge is 2.14. The molecule has 110 valence electrons. The number of aromatic nitrogens is 1. The summed E-state index contributed by atoms with van der Waals surface area (Å²) in [6.45, 7) is 0. The Kier molecular flexibility index (Phi) is 4.49. The molecule has 0 bridgehead atoms. The smallest absolute Gasteiger partial charge is 0.255 e. The molecule has 0 saturated heterocycles. The first-order valence-electron chi connectivity index (χ1n) is 5.99. The molecule has 1 amide bonds. The van der Waals surface area contributed by atoms with E-state index >= 15 is 0 Å². The molecule has 0 aliphatic carbocycles. The number of amides is 1. The highest BCUT2D eigenvalue weighted by atomic mass is 35.5. The number of carbonyl (C=O) groups excluding carboxylic acids is 1. The van der Waals surface area contributed by atoms with Gasteiger partial charge < -0.3 is 20.5 Å². The Balaban J connectivity index is 2.30. The lowest BCUT2D eigenvalue weighted by atomic mass is 10.2. The largest absolute Gasteiger partial charge is 0.495 e. The van der Waals surface area contributed by atoms with Crippen LogP contribution in [0.15, 0.2) is 30.5 Å². The number of hydrogen-bond acceptors (Lipinski definition) is 5. The van der Waals surface area contributed by atoms with Crippen LogP contribution in [0, 0.1) is 0 Å². The van der Waals surface area contributed by atoms with Crippen LogP contribution >= 0.6 is 11.6 Å². The minimum Gasteiger partial charge on any atom is -0.495 e. The molecule has 0 aliphatic heterocycles. The molecule has 0 atom stereocenters. The minimum atomic E-state index is -0.344. The number of nitrogen functional groups attached to an aromatic ring is 1. The average Bonchev–Trinajstić information content (AvgIpc) is 2.47. The number of hydrogen-bond donors (Lipinski definition) is 2. The number of nitrogens with zero attached hydrogens (tertiary/aromatic N) is 1. The molecule has 7 heteroatoms. The van der Waals surface area contributed by atoms with Crippen LogP contribution in [-0.2, 0) is 0 Å². The summed E-state index contributed by atoms with van der Waals surface area (Å²) >= 11 is 6.05. The molecule has 0 aliphatic rings. The summed E-state index contributed by atoms with van der Waals surface area (Å²) in [6, 6.07) is 6.19. The number of benzene rings is 1. The molecule has 3 N–H and O–H groups in total. The van der Waals surface area contributed by atoms with E-state index in [2.05, 4.69) is 10.3 Å². The number of halogens is 1. The van der Waals surface area contributed by atoms with Crippen molar-refractivity contribution in [3.63, 3.8) is 0 Å². The van der Waals surface area contributed by atoms with E-state index < -0.39 is 0 Å². The van der Waals surface area contributed by atoms with Crippen molar-refractivity contribution < 1.29 is 14.3 Å². The van der Waals surface area contributed by atoms with E-state index in [1.54, 1.807) is 18.2 Å². The van der Waals surface area contributed by atoms with Crippen molar-refractivity contribution in [1.29, 1.82) is 0 Å². The Morgan fingerprint density at radius 1 is 1.24 bits per heavy atom. The highest BCUT2D eigenvalue weighted by Crippen LogP contribution is 2.36. The van der Waals surface area contributed by atoms with E-state index in [1.165, 1.54) is 26.5 Å². The Labute approximate surface area is 126 Å². The molecule has 2 aromatic rings. The van der Waals surface area contributed by atoms with Crippen LogP contribution < -0.4 is 20.5 Å². The van der Waals surface area contributed by atoms with Gasteiger partial charge in [0.2, 0.25) is 0 Å². The number of nitrogens with one attached hydrogen (secondary N) is 1. The maximum absolute atomic E-state index is 12.2. The lowest BCUT2D eigenvalue weighted by molar-refractivity contribution is 0.102. The summed E-state index contributed by atoms with van der Waals surface area (Å²) in [5.41, 5.74) is 6.37. The van der Waals surface area contributed by atoms with Crippen LogP contribution in [-0.4, -0.2) is 25.1 Å². The molecule has 0 fully saturated rings. The van der Waals surface area contributed by atoms with Gasteiger partial charge in [0.05, 0.1) is 24.9 Å². The first kappa shape index (κ1) is 14.9. The number of nitrogens with two attached hydrogens (primary N) is 1. The summed E-state index contributed by atoms with van der Waals surface area (Å²) in [7, 11) is 2.99. The van der Waals surface area contributed by atoms with E-state index in [-0.39, 0.29) is 11.7 Å². The zero-order valence-corrected chi connectivity index (χ0v) is 12.3. The fourth-order valence-corrected chi connectivity index (χ4v) is 1.98. The van der Waals surface area contributed by atoms with Crippen LogP contribution in [0.1, 0.15) is 10.4 Å². The van der Waals surface area contributed by atoms with Crippen LogP contribution in [0.5, 0.6) is 11.5 Å². The maximum atomic E-state index is 12.2. The van der Waals surface area contributed by atoms with Gasteiger partial charge in [-0.1, -0.05) is 11.6 Å². The zero-order chi connectivity index (χ0) is 15.4. The lowest BCUT2D eigenvalue weighted by Crippen LogP contribution is -2.13. The molecular formula is C14H14ClN3O3. The Morgan fingerprint density at radius 2 is 1.95 bits per heavy atom. The van der Waals surface area contributed by atoms with E-state index in [4.69, 9.17) is 26.8 Å². The molecule has 21 heavy (non-hydrogen) atoms. The third-order valence-electron chi connectivity index (χ3n) is 2.77. The topological polar surface area (TPSA) is 86.5 Å². The molecule has 6 nitrogen and oxygen atoms in total. The van der Waals surface area contributed by atoms with Gasteiger partial charge in [0.15, 0.2) is 0 Å². The molecule has 0 spiro atoms. The van der Waals surface area contributed by atoms with Gasteiger partial charge in [-0.25, -0.2) is 4.98 Å². The number of carbonyl (C=O) groups is 1. The molecule has 1 aromatic heterocycles. The quantitative estimate of drug-likeness (QED) is 0.906. The average molecular weight is 308 g/mol. The molecule has 0 radical (unpaired) electrons. The first-order valence-corrected chi connectivity index (χ1v) is 6.37. The van der Waals surface area contributed by atoms with E-state index in [1.807, 2.05) is 0 Å². The number of pyridine rings is 1. The van der Waals surface area contributed by atoms with Gasteiger partial charge in [-0.2, -0.15) is 0 Å². The Bertz CT molecular complexity index is 677. The number of methoxy groups -OCH3 is 2. The summed E-state index contributed by atoms with van der Waals surface area (Å²) < 4.78 is 10.3. The van der Waals surface area contributed by atoms with E-state index in [0.717, 1.165) is 0 Å². The zero-order valence-electron chi connectivity index (χ0n) is 11.5. The van der Waals surface area contributed by atoms with Gasteiger partial charge in [0.1, 0.15) is 17.3 Å².